The molecular formula is C34H34Cl3N3O4S. The van der Waals surface area contributed by atoms with Crippen molar-refractivity contribution in [2.45, 2.75) is 44.2 Å². The van der Waals surface area contributed by atoms with Crippen LogP contribution in [0.3, 0.4) is 0 Å². The van der Waals surface area contributed by atoms with E-state index >= 15 is 0 Å². The van der Waals surface area contributed by atoms with E-state index in [4.69, 9.17) is 34.8 Å². The summed E-state index contributed by atoms with van der Waals surface area (Å²) in [4.78, 5) is 29.6. The Balaban J connectivity index is 1.82. The molecule has 0 saturated heterocycles. The molecule has 4 aromatic carbocycles. The van der Waals surface area contributed by atoms with E-state index in [1.807, 2.05) is 37.3 Å². The van der Waals surface area contributed by atoms with Gasteiger partial charge in [-0.2, -0.15) is 0 Å². The summed E-state index contributed by atoms with van der Waals surface area (Å²) in [5.41, 5.74) is 2.33. The first kappa shape index (κ1) is 34.3. The van der Waals surface area contributed by atoms with E-state index in [1.165, 1.54) is 23.1 Å². The number of halogens is 3. The molecule has 11 heteroatoms. The van der Waals surface area contributed by atoms with Crippen molar-refractivity contribution >= 4 is 62.3 Å². The van der Waals surface area contributed by atoms with Crippen LogP contribution in [-0.4, -0.2) is 44.3 Å². The van der Waals surface area contributed by atoms with E-state index in [-0.39, 0.29) is 29.5 Å². The number of carbonyl (C=O) groups excluding carboxylic acids is 2. The van der Waals surface area contributed by atoms with E-state index in [9.17, 15) is 18.0 Å². The van der Waals surface area contributed by atoms with Crippen LogP contribution in [0.15, 0.2) is 102 Å². The van der Waals surface area contributed by atoms with Crippen LogP contribution >= 0.6 is 34.8 Å². The topological polar surface area (TPSA) is 86.8 Å². The number of aryl methyl sites for hydroxylation is 1. The van der Waals surface area contributed by atoms with Gasteiger partial charge in [0.25, 0.3) is 10.0 Å². The van der Waals surface area contributed by atoms with Crippen molar-refractivity contribution in [1.82, 2.24) is 10.2 Å². The second kappa shape index (κ2) is 15.6. The highest BCUT2D eigenvalue weighted by Gasteiger charge is 2.35. The first-order chi connectivity index (χ1) is 21.5. The number of hydrogen-bond donors (Lipinski definition) is 1. The van der Waals surface area contributed by atoms with Gasteiger partial charge < -0.3 is 10.2 Å². The quantitative estimate of drug-likeness (QED) is 0.160. The summed E-state index contributed by atoms with van der Waals surface area (Å²) < 4.78 is 29.2. The molecule has 45 heavy (non-hydrogen) atoms. The fraction of sp³-hybridized carbons (Fsp3) is 0.235. The van der Waals surface area contributed by atoms with Gasteiger partial charge in [-0.25, -0.2) is 8.42 Å². The summed E-state index contributed by atoms with van der Waals surface area (Å²) in [5, 5.41) is 3.99. The molecule has 1 atom stereocenters. The van der Waals surface area contributed by atoms with Gasteiger partial charge in [0.15, 0.2) is 0 Å². The van der Waals surface area contributed by atoms with Crippen LogP contribution in [0.5, 0.6) is 0 Å². The van der Waals surface area contributed by atoms with Crippen molar-refractivity contribution < 1.29 is 18.0 Å². The van der Waals surface area contributed by atoms with Crippen molar-refractivity contribution in [3.63, 3.8) is 0 Å². The molecule has 4 rings (SSSR count). The molecule has 0 saturated carbocycles. The molecular weight excluding hydrogens is 653 g/mol. The van der Waals surface area contributed by atoms with Gasteiger partial charge in [-0.15, -0.1) is 0 Å². The predicted molar refractivity (Wildman–Crippen MR) is 181 cm³/mol. The van der Waals surface area contributed by atoms with Crippen LogP contribution in [0, 0.1) is 6.92 Å². The zero-order valence-corrected chi connectivity index (χ0v) is 28.0. The summed E-state index contributed by atoms with van der Waals surface area (Å²) in [7, 11) is -4.23. The Morgan fingerprint density at radius 1 is 0.844 bits per heavy atom. The van der Waals surface area contributed by atoms with E-state index in [1.54, 1.807) is 55.5 Å². The molecule has 0 fully saturated rings. The number of sulfonamides is 1. The molecule has 0 spiro atoms. The molecule has 0 heterocycles. The fourth-order valence-corrected chi connectivity index (χ4v) is 6.81. The minimum absolute atomic E-state index is 0.00307. The third-order valence-corrected chi connectivity index (χ3v) is 10.0. The number of hydrogen-bond acceptors (Lipinski definition) is 4. The Kier molecular flexibility index (Phi) is 11.9. The van der Waals surface area contributed by atoms with E-state index < -0.39 is 28.5 Å². The van der Waals surface area contributed by atoms with Crippen LogP contribution in [0.2, 0.25) is 15.1 Å². The van der Waals surface area contributed by atoms with Crippen LogP contribution in [0.4, 0.5) is 5.69 Å². The molecule has 2 amide bonds. The molecule has 1 N–H and O–H groups in total. The SMILES string of the molecule is CCCNC(=O)C(Cc1ccccc1)N(Cc1ccc(Cl)cc1Cl)C(=O)CN(c1ccc(C)c(Cl)c1)S(=O)(=O)c1ccccc1. The Bertz CT molecular complexity index is 1740. The lowest BCUT2D eigenvalue weighted by atomic mass is 10.0. The predicted octanol–water partition coefficient (Wildman–Crippen LogP) is 7.32. The van der Waals surface area contributed by atoms with Crippen molar-refractivity contribution in [2.24, 2.45) is 0 Å². The third kappa shape index (κ3) is 8.79. The molecule has 1 unspecified atom stereocenters. The lowest BCUT2D eigenvalue weighted by Gasteiger charge is -2.34. The third-order valence-electron chi connectivity index (χ3n) is 7.23. The largest absolute Gasteiger partial charge is 0.354 e. The molecule has 0 radical (unpaired) electrons. The standard InChI is InChI=1S/C34H34Cl3N3O4S/c1-3-18-38-34(42)32(19-25-10-6-4-7-11-25)39(22-26-15-16-27(35)20-31(26)37)33(41)23-40(28-17-14-24(2)30(36)21-28)45(43,44)29-12-8-5-9-13-29/h4-17,20-21,32H,3,18-19,22-23H2,1-2H3,(H,38,42). The first-order valence-electron chi connectivity index (χ1n) is 14.4. The average molecular weight is 687 g/mol. The lowest BCUT2D eigenvalue weighted by molar-refractivity contribution is -0.140. The summed E-state index contributed by atoms with van der Waals surface area (Å²) in [6.07, 6.45) is 0.882. The number of rotatable bonds is 13. The zero-order valence-electron chi connectivity index (χ0n) is 24.9. The maximum atomic E-state index is 14.5. The summed E-state index contributed by atoms with van der Waals surface area (Å²) in [5.74, 6) is -0.972. The van der Waals surface area contributed by atoms with Crippen LogP contribution < -0.4 is 9.62 Å². The number of carbonyl (C=O) groups is 2. The number of nitrogens with one attached hydrogen (secondary N) is 1. The van der Waals surface area contributed by atoms with E-state index in [0.29, 0.717) is 33.6 Å². The van der Waals surface area contributed by atoms with Crippen molar-refractivity contribution in [3.05, 3.63) is 129 Å². The van der Waals surface area contributed by atoms with Gasteiger partial charge in [0.2, 0.25) is 11.8 Å². The maximum absolute atomic E-state index is 14.5. The van der Waals surface area contributed by atoms with Crippen molar-refractivity contribution in [2.75, 3.05) is 17.4 Å². The molecule has 0 aliphatic rings. The summed E-state index contributed by atoms with van der Waals surface area (Å²) in [6.45, 7) is 3.47. The second-order valence-electron chi connectivity index (χ2n) is 10.5. The summed E-state index contributed by atoms with van der Waals surface area (Å²) in [6, 6.07) is 25.9. The fourth-order valence-electron chi connectivity index (χ4n) is 4.74. The van der Waals surface area contributed by atoms with Gasteiger partial charge in [0, 0.05) is 34.6 Å². The van der Waals surface area contributed by atoms with Crippen LogP contribution in [0.25, 0.3) is 0 Å². The molecule has 0 aromatic heterocycles. The van der Waals surface area contributed by atoms with Crippen molar-refractivity contribution in [1.29, 1.82) is 0 Å². The minimum Gasteiger partial charge on any atom is -0.354 e. The summed E-state index contributed by atoms with van der Waals surface area (Å²) >= 11 is 19.1. The monoisotopic (exact) mass is 685 g/mol. The highest BCUT2D eigenvalue weighted by Crippen LogP contribution is 2.29. The van der Waals surface area contributed by atoms with Gasteiger partial charge in [-0.1, -0.05) is 102 Å². The number of benzene rings is 4. The number of amides is 2. The molecule has 0 aliphatic heterocycles. The smallest absolute Gasteiger partial charge is 0.264 e. The first-order valence-corrected chi connectivity index (χ1v) is 17.0. The Morgan fingerprint density at radius 3 is 2.13 bits per heavy atom. The van der Waals surface area contributed by atoms with E-state index in [2.05, 4.69) is 5.32 Å². The molecule has 236 valence electrons. The Hall–Kier alpha value is -3.56. The molecule has 4 aromatic rings. The van der Waals surface area contributed by atoms with E-state index in [0.717, 1.165) is 15.4 Å². The highest BCUT2D eigenvalue weighted by molar-refractivity contribution is 7.92. The Morgan fingerprint density at radius 2 is 1.51 bits per heavy atom. The normalized spacial score (nSPS) is 11.9. The molecule has 0 aliphatic carbocycles. The van der Waals surface area contributed by atoms with Crippen LogP contribution in [0.1, 0.15) is 30.0 Å². The van der Waals surface area contributed by atoms with Crippen molar-refractivity contribution in [3.8, 4) is 0 Å². The average Bonchev–Trinajstić information content (AvgIpc) is 3.03. The van der Waals surface area contributed by atoms with Gasteiger partial charge in [0.1, 0.15) is 12.6 Å². The van der Waals surface area contributed by atoms with Crippen LogP contribution in [-0.2, 0) is 32.6 Å². The zero-order chi connectivity index (χ0) is 32.6. The number of nitrogens with zero attached hydrogens (tertiary/aromatic N) is 2. The maximum Gasteiger partial charge on any atom is 0.264 e. The van der Waals surface area contributed by atoms with Gasteiger partial charge in [-0.3, -0.25) is 13.9 Å². The molecule has 7 nitrogen and oxygen atoms in total. The lowest BCUT2D eigenvalue weighted by Crippen LogP contribution is -2.53. The molecule has 0 bridgehead atoms. The van der Waals surface area contributed by atoms with Gasteiger partial charge in [-0.05, 0) is 66.4 Å². The van der Waals surface area contributed by atoms with Gasteiger partial charge >= 0.3 is 0 Å². The number of anilines is 1. The minimum atomic E-state index is -4.23. The second-order valence-corrected chi connectivity index (χ2v) is 13.6. The highest BCUT2D eigenvalue weighted by atomic mass is 35.5. The van der Waals surface area contributed by atoms with Gasteiger partial charge in [0.05, 0.1) is 10.6 Å². The Labute approximate surface area is 279 Å².